The van der Waals surface area contributed by atoms with Gasteiger partial charge in [-0.1, -0.05) is 24.3 Å². The molecule has 0 radical (unpaired) electrons. The Hall–Kier alpha value is -2.56. The van der Waals surface area contributed by atoms with Crippen molar-refractivity contribution in [2.24, 2.45) is 0 Å². The first-order valence-corrected chi connectivity index (χ1v) is 7.35. The zero-order chi connectivity index (χ0) is 16.5. The third-order valence-electron chi connectivity index (χ3n) is 3.19. The Labute approximate surface area is 134 Å². The van der Waals surface area contributed by atoms with Crippen LogP contribution in [0.3, 0.4) is 0 Å². The number of hydrogen-bond acceptors (Lipinski definition) is 4. The molecule has 2 rings (SSSR count). The molecule has 2 aromatic carbocycles. The highest BCUT2D eigenvalue weighted by Crippen LogP contribution is 2.15. The lowest BCUT2D eigenvalue weighted by atomic mass is 10.1. The second kappa shape index (κ2) is 8.78. The van der Waals surface area contributed by atoms with Gasteiger partial charge in [-0.05, 0) is 36.2 Å². The third kappa shape index (κ3) is 5.62. The van der Waals surface area contributed by atoms with Gasteiger partial charge in [-0.3, -0.25) is 4.79 Å². The molecule has 0 aromatic heterocycles. The van der Waals surface area contributed by atoms with Crippen LogP contribution in [0.5, 0.6) is 11.5 Å². The molecular formula is C18H19FO4. The Morgan fingerprint density at radius 3 is 2.70 bits per heavy atom. The second-order valence-corrected chi connectivity index (χ2v) is 4.85. The van der Waals surface area contributed by atoms with Crippen LogP contribution in [0.2, 0.25) is 0 Å². The van der Waals surface area contributed by atoms with E-state index in [9.17, 15) is 9.18 Å². The molecule has 0 amide bonds. The van der Waals surface area contributed by atoms with Gasteiger partial charge in [0.1, 0.15) is 19.0 Å². The standard InChI is InChI=1S/C18H19FO4/c1-21-15-6-4-5-14(13-15)9-10-18(20)23-12-11-22-17-8-3-2-7-16(17)19/h2-8,13H,9-12H2,1H3. The highest BCUT2D eigenvalue weighted by atomic mass is 19.1. The second-order valence-electron chi connectivity index (χ2n) is 4.85. The van der Waals surface area contributed by atoms with Crippen molar-refractivity contribution in [3.63, 3.8) is 0 Å². The van der Waals surface area contributed by atoms with Gasteiger partial charge in [0.15, 0.2) is 11.6 Å². The molecule has 0 aliphatic carbocycles. The largest absolute Gasteiger partial charge is 0.497 e. The van der Waals surface area contributed by atoms with Crippen molar-refractivity contribution in [1.82, 2.24) is 0 Å². The first-order chi connectivity index (χ1) is 11.2. The number of carbonyl (C=O) groups is 1. The Bertz CT molecular complexity index is 642. The zero-order valence-electron chi connectivity index (χ0n) is 13.0. The average Bonchev–Trinajstić information content (AvgIpc) is 2.58. The van der Waals surface area contributed by atoms with Crippen LogP contribution in [-0.4, -0.2) is 26.3 Å². The molecule has 0 saturated heterocycles. The van der Waals surface area contributed by atoms with Crippen LogP contribution in [0, 0.1) is 5.82 Å². The van der Waals surface area contributed by atoms with Crippen molar-refractivity contribution in [2.75, 3.05) is 20.3 Å². The van der Waals surface area contributed by atoms with Crippen LogP contribution in [0.15, 0.2) is 48.5 Å². The fraction of sp³-hybridized carbons (Fsp3) is 0.278. The van der Waals surface area contributed by atoms with E-state index in [-0.39, 0.29) is 31.4 Å². The molecule has 2 aromatic rings. The highest BCUT2D eigenvalue weighted by Gasteiger charge is 2.06. The number of carbonyl (C=O) groups excluding carboxylic acids is 1. The number of halogens is 1. The predicted molar refractivity (Wildman–Crippen MR) is 84.2 cm³/mol. The number of benzene rings is 2. The van der Waals surface area contributed by atoms with Crippen molar-refractivity contribution >= 4 is 5.97 Å². The van der Waals surface area contributed by atoms with E-state index in [0.717, 1.165) is 11.3 Å². The van der Waals surface area contributed by atoms with E-state index in [4.69, 9.17) is 14.2 Å². The van der Waals surface area contributed by atoms with E-state index in [1.54, 1.807) is 19.2 Å². The molecule has 0 bridgehead atoms. The lowest BCUT2D eigenvalue weighted by Gasteiger charge is -2.08. The molecule has 122 valence electrons. The van der Waals surface area contributed by atoms with Crippen molar-refractivity contribution in [3.05, 3.63) is 59.9 Å². The first kappa shape index (κ1) is 16.8. The Kier molecular flexibility index (Phi) is 6.41. The lowest BCUT2D eigenvalue weighted by Crippen LogP contribution is -2.13. The van der Waals surface area contributed by atoms with Crippen molar-refractivity contribution in [3.8, 4) is 11.5 Å². The van der Waals surface area contributed by atoms with Gasteiger partial charge in [-0.25, -0.2) is 4.39 Å². The highest BCUT2D eigenvalue weighted by molar-refractivity contribution is 5.69. The van der Waals surface area contributed by atoms with E-state index >= 15 is 0 Å². The third-order valence-corrected chi connectivity index (χ3v) is 3.19. The number of aryl methyl sites for hydroxylation is 1. The quantitative estimate of drug-likeness (QED) is 0.553. The van der Waals surface area contributed by atoms with Gasteiger partial charge in [-0.15, -0.1) is 0 Å². The number of ether oxygens (including phenoxy) is 3. The molecule has 0 N–H and O–H groups in total. The fourth-order valence-electron chi connectivity index (χ4n) is 2.02. The molecule has 4 nitrogen and oxygen atoms in total. The summed E-state index contributed by atoms with van der Waals surface area (Å²) >= 11 is 0. The van der Waals surface area contributed by atoms with Crippen LogP contribution >= 0.6 is 0 Å². The minimum Gasteiger partial charge on any atom is -0.497 e. The summed E-state index contributed by atoms with van der Waals surface area (Å²) in [6.45, 7) is 0.205. The monoisotopic (exact) mass is 318 g/mol. The van der Waals surface area contributed by atoms with Gasteiger partial charge in [0, 0.05) is 6.42 Å². The van der Waals surface area contributed by atoms with Crippen LogP contribution in [0.4, 0.5) is 4.39 Å². The Balaban J connectivity index is 1.66. The minimum absolute atomic E-state index is 0.0886. The summed E-state index contributed by atoms with van der Waals surface area (Å²) < 4.78 is 28.7. The molecule has 0 heterocycles. The molecule has 0 unspecified atom stereocenters. The first-order valence-electron chi connectivity index (χ1n) is 7.35. The van der Waals surface area contributed by atoms with Crippen LogP contribution in [0.25, 0.3) is 0 Å². The van der Waals surface area contributed by atoms with Crippen LogP contribution < -0.4 is 9.47 Å². The molecule has 23 heavy (non-hydrogen) atoms. The molecule has 0 spiro atoms. The van der Waals surface area contributed by atoms with Crippen molar-refractivity contribution < 1.29 is 23.4 Å². The molecular weight excluding hydrogens is 299 g/mol. The zero-order valence-corrected chi connectivity index (χ0v) is 13.0. The Morgan fingerprint density at radius 2 is 1.91 bits per heavy atom. The van der Waals surface area contributed by atoms with E-state index in [0.29, 0.717) is 6.42 Å². The van der Waals surface area contributed by atoms with Gasteiger partial charge in [-0.2, -0.15) is 0 Å². The maximum atomic E-state index is 13.3. The lowest BCUT2D eigenvalue weighted by molar-refractivity contribution is -0.144. The van der Waals surface area contributed by atoms with E-state index in [2.05, 4.69) is 0 Å². The fourth-order valence-corrected chi connectivity index (χ4v) is 2.02. The van der Waals surface area contributed by atoms with E-state index < -0.39 is 5.82 Å². The topological polar surface area (TPSA) is 44.8 Å². The van der Waals surface area contributed by atoms with Gasteiger partial charge in [0.05, 0.1) is 7.11 Å². The molecule has 0 aliphatic rings. The summed E-state index contributed by atoms with van der Waals surface area (Å²) in [6, 6.07) is 13.6. The molecule has 0 atom stereocenters. The molecule has 0 fully saturated rings. The SMILES string of the molecule is COc1cccc(CCC(=O)OCCOc2ccccc2F)c1. The number of esters is 1. The Morgan fingerprint density at radius 1 is 1.09 bits per heavy atom. The maximum Gasteiger partial charge on any atom is 0.306 e. The summed E-state index contributed by atoms with van der Waals surface area (Å²) in [5.41, 5.74) is 1.00. The summed E-state index contributed by atoms with van der Waals surface area (Å²) in [5, 5.41) is 0. The van der Waals surface area contributed by atoms with Crippen molar-refractivity contribution in [1.29, 1.82) is 0 Å². The van der Waals surface area contributed by atoms with Crippen molar-refractivity contribution in [2.45, 2.75) is 12.8 Å². The number of hydrogen-bond donors (Lipinski definition) is 0. The number of methoxy groups -OCH3 is 1. The molecule has 0 saturated carbocycles. The van der Waals surface area contributed by atoms with E-state index in [1.165, 1.54) is 12.1 Å². The summed E-state index contributed by atoms with van der Waals surface area (Å²) in [5.74, 6) is 0.163. The van der Waals surface area contributed by atoms with Crippen LogP contribution in [-0.2, 0) is 16.0 Å². The minimum atomic E-state index is -0.433. The van der Waals surface area contributed by atoms with Gasteiger partial charge in [0.2, 0.25) is 0 Å². The molecule has 0 aliphatic heterocycles. The number of para-hydroxylation sites is 1. The van der Waals surface area contributed by atoms with Gasteiger partial charge < -0.3 is 14.2 Å². The summed E-state index contributed by atoms with van der Waals surface area (Å²) in [4.78, 5) is 11.7. The van der Waals surface area contributed by atoms with E-state index in [1.807, 2.05) is 24.3 Å². The van der Waals surface area contributed by atoms with Gasteiger partial charge in [0.25, 0.3) is 0 Å². The van der Waals surface area contributed by atoms with Crippen LogP contribution in [0.1, 0.15) is 12.0 Å². The normalized spacial score (nSPS) is 10.2. The molecule has 5 heteroatoms. The van der Waals surface area contributed by atoms with Gasteiger partial charge >= 0.3 is 5.97 Å². The maximum absolute atomic E-state index is 13.3. The summed E-state index contributed by atoms with van der Waals surface area (Å²) in [7, 11) is 1.60. The predicted octanol–water partition coefficient (Wildman–Crippen LogP) is 3.39. The average molecular weight is 318 g/mol. The summed E-state index contributed by atoms with van der Waals surface area (Å²) in [6.07, 6.45) is 0.844. The smallest absolute Gasteiger partial charge is 0.306 e. The number of rotatable bonds is 8.